The molecule has 0 nitrogen and oxygen atoms in total. The molecule has 0 bridgehead atoms. The van der Waals surface area contributed by atoms with E-state index in [-0.39, 0.29) is 0 Å². The molecule has 0 N–H and O–H groups in total. The summed E-state index contributed by atoms with van der Waals surface area (Å²) in [5, 5.41) is 0. The van der Waals surface area contributed by atoms with E-state index in [2.05, 4.69) is 34.1 Å². The predicted octanol–water partition coefficient (Wildman–Crippen LogP) is 2.89. The molecule has 0 amide bonds. The van der Waals surface area contributed by atoms with Gasteiger partial charge in [0.15, 0.2) is 0 Å². The molecule has 0 saturated carbocycles. The van der Waals surface area contributed by atoms with E-state index in [1.165, 1.54) is 6.42 Å². The third kappa shape index (κ3) is 4.17. The van der Waals surface area contributed by atoms with Crippen molar-refractivity contribution in [3.05, 3.63) is 6.42 Å². The van der Waals surface area contributed by atoms with Crippen LogP contribution in [0.2, 0.25) is 0 Å². The van der Waals surface area contributed by atoms with E-state index >= 15 is 0 Å². The standard InChI is InChI=1S/C8H17/c1-5-8(4)6-7(2)3/h6-8H,5H2,1-4H3/q-1. The van der Waals surface area contributed by atoms with Gasteiger partial charge in [0.05, 0.1) is 0 Å². The van der Waals surface area contributed by atoms with Crippen LogP contribution in [0.25, 0.3) is 0 Å². The summed E-state index contributed by atoms with van der Waals surface area (Å²) >= 11 is 0. The smallest absolute Gasteiger partial charge is 0.0676 e. The Morgan fingerprint density at radius 2 is 1.75 bits per heavy atom. The molecule has 0 fully saturated rings. The Morgan fingerprint density at radius 1 is 1.25 bits per heavy atom. The Labute approximate surface area is 53.3 Å². The van der Waals surface area contributed by atoms with Gasteiger partial charge in [-0.1, -0.05) is 34.1 Å². The number of hydrogen-bond donors (Lipinski definition) is 0. The van der Waals surface area contributed by atoms with Gasteiger partial charge in [-0.3, -0.25) is 0 Å². The summed E-state index contributed by atoms with van der Waals surface area (Å²) in [4.78, 5) is 0. The molecule has 1 unspecified atom stereocenters. The first-order valence-electron chi connectivity index (χ1n) is 3.51. The summed E-state index contributed by atoms with van der Waals surface area (Å²) in [5.74, 6) is 1.56. The Balaban J connectivity index is 3.10. The molecule has 50 valence electrons. The van der Waals surface area contributed by atoms with Crippen LogP contribution in [0.3, 0.4) is 0 Å². The van der Waals surface area contributed by atoms with Crippen LogP contribution in [0.1, 0.15) is 34.1 Å². The number of rotatable bonds is 3. The Hall–Kier alpha value is 0. The Kier molecular flexibility index (Phi) is 3.94. The lowest BCUT2D eigenvalue weighted by atomic mass is 9.97. The average molecular weight is 113 g/mol. The van der Waals surface area contributed by atoms with Crippen molar-refractivity contribution in [2.24, 2.45) is 11.8 Å². The zero-order valence-electron chi connectivity index (χ0n) is 6.44. The summed E-state index contributed by atoms with van der Waals surface area (Å²) in [6.07, 6.45) is 3.66. The summed E-state index contributed by atoms with van der Waals surface area (Å²) in [6, 6.07) is 0. The molecule has 0 rings (SSSR count). The zero-order valence-corrected chi connectivity index (χ0v) is 6.44. The topological polar surface area (TPSA) is 0 Å². The molecule has 0 heteroatoms. The van der Waals surface area contributed by atoms with Gasteiger partial charge >= 0.3 is 0 Å². The van der Waals surface area contributed by atoms with Crippen LogP contribution in [-0.4, -0.2) is 0 Å². The third-order valence-corrected chi connectivity index (χ3v) is 1.36. The van der Waals surface area contributed by atoms with Crippen LogP contribution in [0.4, 0.5) is 0 Å². The van der Waals surface area contributed by atoms with E-state index in [1.54, 1.807) is 0 Å². The quantitative estimate of drug-likeness (QED) is 0.494. The predicted molar refractivity (Wildman–Crippen MR) is 38.6 cm³/mol. The van der Waals surface area contributed by atoms with E-state index in [9.17, 15) is 0 Å². The molecule has 0 radical (unpaired) electrons. The largest absolute Gasteiger partial charge is 0.323 e. The highest BCUT2D eigenvalue weighted by atomic mass is 14.1. The van der Waals surface area contributed by atoms with Gasteiger partial charge in [0.1, 0.15) is 0 Å². The van der Waals surface area contributed by atoms with Crippen LogP contribution >= 0.6 is 0 Å². The second-order valence-corrected chi connectivity index (χ2v) is 2.82. The first-order valence-corrected chi connectivity index (χ1v) is 3.51. The molecule has 1 atom stereocenters. The molecule has 0 spiro atoms. The summed E-state index contributed by atoms with van der Waals surface area (Å²) < 4.78 is 0. The van der Waals surface area contributed by atoms with Crippen molar-refractivity contribution in [3.63, 3.8) is 0 Å². The normalized spacial score (nSPS) is 14.6. The second-order valence-electron chi connectivity index (χ2n) is 2.82. The van der Waals surface area contributed by atoms with Gasteiger partial charge in [0.2, 0.25) is 0 Å². The third-order valence-electron chi connectivity index (χ3n) is 1.36. The van der Waals surface area contributed by atoms with Crippen LogP contribution in [-0.2, 0) is 0 Å². The first kappa shape index (κ1) is 8.00. The Morgan fingerprint density at radius 3 is 1.88 bits per heavy atom. The van der Waals surface area contributed by atoms with Gasteiger partial charge in [-0.15, -0.1) is 0 Å². The van der Waals surface area contributed by atoms with Gasteiger partial charge in [-0.25, -0.2) is 0 Å². The first-order chi connectivity index (χ1) is 3.66. The minimum atomic E-state index is 0.755. The van der Waals surface area contributed by atoms with Gasteiger partial charge in [-0.05, 0) is 0 Å². The maximum atomic E-state index is 2.39. The minimum Gasteiger partial charge on any atom is -0.323 e. The fraction of sp³-hybridized carbons (Fsp3) is 0.875. The van der Waals surface area contributed by atoms with E-state index in [1.807, 2.05) is 0 Å². The molecular weight excluding hydrogens is 96.1 g/mol. The molecule has 8 heavy (non-hydrogen) atoms. The lowest BCUT2D eigenvalue weighted by Crippen LogP contribution is -1.98. The monoisotopic (exact) mass is 113 g/mol. The van der Waals surface area contributed by atoms with Crippen molar-refractivity contribution in [2.75, 3.05) is 0 Å². The van der Waals surface area contributed by atoms with Crippen LogP contribution < -0.4 is 0 Å². The molecule has 0 aromatic heterocycles. The van der Waals surface area contributed by atoms with Gasteiger partial charge in [-0.2, -0.15) is 11.8 Å². The van der Waals surface area contributed by atoms with Crippen molar-refractivity contribution in [3.8, 4) is 0 Å². The fourth-order valence-corrected chi connectivity index (χ4v) is 0.793. The molecule has 0 aliphatic rings. The highest BCUT2D eigenvalue weighted by Gasteiger charge is 1.87. The highest BCUT2D eigenvalue weighted by Crippen LogP contribution is 2.11. The van der Waals surface area contributed by atoms with Crippen molar-refractivity contribution < 1.29 is 0 Å². The minimum absolute atomic E-state index is 0.755. The van der Waals surface area contributed by atoms with E-state index in [4.69, 9.17) is 0 Å². The summed E-state index contributed by atoms with van der Waals surface area (Å²) in [5.41, 5.74) is 0. The molecule has 0 heterocycles. The van der Waals surface area contributed by atoms with Crippen molar-refractivity contribution in [1.82, 2.24) is 0 Å². The zero-order chi connectivity index (χ0) is 6.57. The molecule has 0 saturated heterocycles. The molecule has 0 aromatic rings. The van der Waals surface area contributed by atoms with E-state index < -0.39 is 0 Å². The maximum Gasteiger partial charge on any atom is -0.0676 e. The van der Waals surface area contributed by atoms with Gasteiger partial charge < -0.3 is 6.42 Å². The van der Waals surface area contributed by atoms with Crippen LogP contribution in [0, 0.1) is 18.3 Å². The molecule has 0 aromatic carbocycles. The lowest BCUT2D eigenvalue weighted by Gasteiger charge is -2.22. The summed E-state index contributed by atoms with van der Waals surface area (Å²) in [7, 11) is 0. The Bertz CT molecular complexity index is 46.0. The van der Waals surface area contributed by atoms with Crippen molar-refractivity contribution in [1.29, 1.82) is 0 Å². The van der Waals surface area contributed by atoms with E-state index in [0.29, 0.717) is 0 Å². The van der Waals surface area contributed by atoms with Gasteiger partial charge in [0, 0.05) is 0 Å². The number of hydrogen-bond acceptors (Lipinski definition) is 0. The lowest BCUT2D eigenvalue weighted by molar-refractivity contribution is 0.558. The van der Waals surface area contributed by atoms with E-state index in [0.717, 1.165) is 11.8 Å². The molecular formula is C8H17-. The van der Waals surface area contributed by atoms with Crippen molar-refractivity contribution in [2.45, 2.75) is 34.1 Å². The van der Waals surface area contributed by atoms with Crippen LogP contribution in [0.15, 0.2) is 0 Å². The second kappa shape index (κ2) is 3.94. The molecule has 0 aliphatic carbocycles. The average Bonchev–Trinajstić information content (AvgIpc) is 1.65. The van der Waals surface area contributed by atoms with Gasteiger partial charge in [0.25, 0.3) is 0 Å². The maximum absolute atomic E-state index is 2.39. The summed E-state index contributed by atoms with van der Waals surface area (Å²) in [6.45, 7) is 8.95. The highest BCUT2D eigenvalue weighted by molar-refractivity contribution is 4.74. The SMILES string of the molecule is CCC(C)[CH-]C(C)C. The van der Waals surface area contributed by atoms with Crippen molar-refractivity contribution >= 4 is 0 Å². The van der Waals surface area contributed by atoms with Crippen LogP contribution in [0.5, 0.6) is 0 Å². The molecule has 0 aliphatic heterocycles. The fourth-order valence-electron chi connectivity index (χ4n) is 0.793.